The Kier molecular flexibility index (Phi) is 3.10. The molecule has 14 heavy (non-hydrogen) atoms. The molecule has 1 N–H and O–H groups in total. The van der Waals surface area contributed by atoms with E-state index in [1.165, 1.54) is 24.1 Å². The average molecular weight is 208 g/mol. The lowest BCUT2D eigenvalue weighted by Crippen LogP contribution is -2.19. The van der Waals surface area contributed by atoms with E-state index in [9.17, 15) is 0 Å². The van der Waals surface area contributed by atoms with Crippen LogP contribution in [0.4, 0.5) is 0 Å². The van der Waals surface area contributed by atoms with Crippen LogP contribution in [-0.4, -0.2) is 6.54 Å². The van der Waals surface area contributed by atoms with Crippen LogP contribution in [0.1, 0.15) is 24.8 Å². The van der Waals surface area contributed by atoms with Crippen molar-refractivity contribution in [2.75, 3.05) is 6.54 Å². The number of hydrogen-bond donors (Lipinski definition) is 1. The minimum atomic E-state index is 0.801. The predicted molar refractivity (Wildman–Crippen MR) is 61.3 cm³/mol. The molecule has 0 aromatic heterocycles. The van der Waals surface area contributed by atoms with E-state index in [1.807, 2.05) is 18.2 Å². The van der Waals surface area contributed by atoms with Crippen molar-refractivity contribution in [2.24, 2.45) is 0 Å². The van der Waals surface area contributed by atoms with Crippen molar-refractivity contribution < 1.29 is 0 Å². The Labute approximate surface area is 89.8 Å². The summed E-state index contributed by atoms with van der Waals surface area (Å²) in [5.41, 5.74) is 2.51. The van der Waals surface area contributed by atoms with Gasteiger partial charge in [-0.1, -0.05) is 23.7 Å². The number of piperidine rings is 1. The Balaban J connectivity index is 2.15. The van der Waals surface area contributed by atoms with Gasteiger partial charge in [0.2, 0.25) is 0 Å². The second kappa shape index (κ2) is 4.52. The molecule has 1 aliphatic rings. The standard InChI is InChI=1S/C12H14ClN/c13-11-5-3-4-10(8-11)9-12-6-1-2-7-14-12/h3-5,8-9,14H,1-2,6-7H2/b12-9-. The largest absolute Gasteiger partial charge is 0.388 e. The van der Waals surface area contributed by atoms with Gasteiger partial charge in [-0.3, -0.25) is 0 Å². The quantitative estimate of drug-likeness (QED) is 0.744. The summed E-state index contributed by atoms with van der Waals surface area (Å²) in [6.45, 7) is 1.10. The zero-order valence-corrected chi connectivity index (χ0v) is 8.85. The van der Waals surface area contributed by atoms with E-state index in [1.54, 1.807) is 0 Å². The van der Waals surface area contributed by atoms with E-state index < -0.39 is 0 Å². The summed E-state index contributed by atoms with van der Waals surface area (Å²) in [5.74, 6) is 0. The van der Waals surface area contributed by atoms with Crippen molar-refractivity contribution in [1.29, 1.82) is 0 Å². The molecule has 0 bridgehead atoms. The maximum atomic E-state index is 5.91. The lowest BCUT2D eigenvalue weighted by molar-refractivity contribution is 0.592. The Bertz CT molecular complexity index is 336. The van der Waals surface area contributed by atoms with E-state index in [4.69, 9.17) is 11.6 Å². The second-order valence-corrected chi connectivity index (χ2v) is 4.04. The molecule has 0 amide bonds. The highest BCUT2D eigenvalue weighted by atomic mass is 35.5. The molecule has 1 aromatic rings. The first-order valence-electron chi connectivity index (χ1n) is 5.04. The number of rotatable bonds is 1. The Morgan fingerprint density at radius 3 is 2.93 bits per heavy atom. The molecule has 1 heterocycles. The summed E-state index contributed by atoms with van der Waals surface area (Å²) in [5, 5.41) is 4.21. The Morgan fingerprint density at radius 2 is 2.21 bits per heavy atom. The van der Waals surface area contributed by atoms with Crippen LogP contribution in [0.2, 0.25) is 5.02 Å². The molecule has 1 fully saturated rings. The van der Waals surface area contributed by atoms with Gasteiger partial charge < -0.3 is 5.32 Å². The number of benzene rings is 1. The molecule has 1 saturated heterocycles. The summed E-state index contributed by atoms with van der Waals surface area (Å²) in [7, 11) is 0. The van der Waals surface area contributed by atoms with Gasteiger partial charge in [-0.25, -0.2) is 0 Å². The number of nitrogens with one attached hydrogen (secondary N) is 1. The monoisotopic (exact) mass is 207 g/mol. The van der Waals surface area contributed by atoms with Crippen LogP contribution in [0.15, 0.2) is 30.0 Å². The fraction of sp³-hybridized carbons (Fsp3) is 0.333. The molecule has 0 aliphatic carbocycles. The van der Waals surface area contributed by atoms with Crippen molar-refractivity contribution >= 4 is 17.7 Å². The molecule has 0 spiro atoms. The van der Waals surface area contributed by atoms with Crippen LogP contribution in [0.25, 0.3) is 6.08 Å². The fourth-order valence-corrected chi connectivity index (χ4v) is 1.90. The molecule has 1 aromatic carbocycles. The maximum absolute atomic E-state index is 5.91. The van der Waals surface area contributed by atoms with Gasteiger partial charge >= 0.3 is 0 Å². The highest BCUT2D eigenvalue weighted by molar-refractivity contribution is 6.30. The highest BCUT2D eigenvalue weighted by Crippen LogP contribution is 2.17. The molecule has 0 atom stereocenters. The molecule has 1 aliphatic heterocycles. The first-order valence-corrected chi connectivity index (χ1v) is 5.42. The van der Waals surface area contributed by atoms with Crippen LogP contribution in [0.3, 0.4) is 0 Å². The average Bonchev–Trinajstić information content (AvgIpc) is 2.19. The van der Waals surface area contributed by atoms with Gasteiger partial charge in [-0.15, -0.1) is 0 Å². The minimum absolute atomic E-state index is 0.801. The summed E-state index contributed by atoms with van der Waals surface area (Å²) >= 11 is 5.91. The van der Waals surface area contributed by atoms with E-state index in [2.05, 4.69) is 17.5 Å². The van der Waals surface area contributed by atoms with E-state index in [0.717, 1.165) is 18.0 Å². The van der Waals surface area contributed by atoms with Gasteiger partial charge in [-0.05, 0) is 43.0 Å². The first kappa shape index (κ1) is 9.60. The van der Waals surface area contributed by atoms with Crippen molar-refractivity contribution in [2.45, 2.75) is 19.3 Å². The normalized spacial score (nSPS) is 19.4. The number of hydrogen-bond acceptors (Lipinski definition) is 1. The van der Waals surface area contributed by atoms with Crippen molar-refractivity contribution in [3.05, 3.63) is 40.5 Å². The van der Waals surface area contributed by atoms with Crippen LogP contribution >= 0.6 is 11.6 Å². The van der Waals surface area contributed by atoms with Gasteiger partial charge in [0.1, 0.15) is 0 Å². The Morgan fingerprint density at radius 1 is 1.29 bits per heavy atom. The third kappa shape index (κ3) is 2.52. The summed E-state index contributed by atoms with van der Waals surface area (Å²) in [4.78, 5) is 0. The van der Waals surface area contributed by atoms with E-state index in [0.29, 0.717) is 0 Å². The van der Waals surface area contributed by atoms with Crippen molar-refractivity contribution in [3.8, 4) is 0 Å². The Hall–Kier alpha value is -0.950. The molecule has 0 saturated carbocycles. The van der Waals surface area contributed by atoms with Crippen LogP contribution in [-0.2, 0) is 0 Å². The number of halogens is 1. The second-order valence-electron chi connectivity index (χ2n) is 3.61. The lowest BCUT2D eigenvalue weighted by Gasteiger charge is -2.16. The predicted octanol–water partition coefficient (Wildman–Crippen LogP) is 3.45. The minimum Gasteiger partial charge on any atom is -0.388 e. The van der Waals surface area contributed by atoms with Gasteiger partial charge in [0.15, 0.2) is 0 Å². The molecule has 0 unspecified atom stereocenters. The summed E-state index contributed by atoms with van der Waals surface area (Å²) in [6, 6.07) is 7.95. The molecular weight excluding hydrogens is 194 g/mol. The lowest BCUT2D eigenvalue weighted by atomic mass is 10.1. The SMILES string of the molecule is Clc1cccc(/C=C2/CCCCN2)c1. The molecule has 1 nitrogen and oxygen atoms in total. The van der Waals surface area contributed by atoms with Crippen LogP contribution < -0.4 is 5.32 Å². The van der Waals surface area contributed by atoms with Crippen molar-refractivity contribution in [3.63, 3.8) is 0 Å². The van der Waals surface area contributed by atoms with Gasteiger partial charge in [0.05, 0.1) is 0 Å². The van der Waals surface area contributed by atoms with Crippen LogP contribution in [0.5, 0.6) is 0 Å². The van der Waals surface area contributed by atoms with Crippen LogP contribution in [0, 0.1) is 0 Å². The molecule has 74 valence electrons. The third-order valence-electron chi connectivity index (χ3n) is 2.41. The molecule has 2 rings (SSSR count). The molecule has 0 radical (unpaired) electrons. The number of allylic oxidation sites excluding steroid dienone is 1. The highest BCUT2D eigenvalue weighted by Gasteiger charge is 2.03. The molecule has 2 heteroatoms. The van der Waals surface area contributed by atoms with E-state index >= 15 is 0 Å². The zero-order valence-electron chi connectivity index (χ0n) is 8.09. The topological polar surface area (TPSA) is 12.0 Å². The summed E-state index contributed by atoms with van der Waals surface area (Å²) in [6.07, 6.45) is 5.92. The van der Waals surface area contributed by atoms with Gasteiger partial charge in [0.25, 0.3) is 0 Å². The third-order valence-corrected chi connectivity index (χ3v) is 2.65. The van der Waals surface area contributed by atoms with E-state index in [-0.39, 0.29) is 0 Å². The first-order chi connectivity index (χ1) is 6.84. The summed E-state index contributed by atoms with van der Waals surface area (Å²) < 4.78 is 0. The fourth-order valence-electron chi connectivity index (χ4n) is 1.70. The zero-order chi connectivity index (χ0) is 9.80. The molecular formula is C12H14ClN. The van der Waals surface area contributed by atoms with Crippen molar-refractivity contribution in [1.82, 2.24) is 5.32 Å². The smallest absolute Gasteiger partial charge is 0.0411 e. The maximum Gasteiger partial charge on any atom is 0.0411 e. The van der Waals surface area contributed by atoms with Gasteiger partial charge in [0, 0.05) is 17.3 Å². The van der Waals surface area contributed by atoms with Gasteiger partial charge in [-0.2, -0.15) is 0 Å².